The molecule has 0 aromatic heterocycles. The van der Waals surface area contributed by atoms with Crippen molar-refractivity contribution in [1.82, 2.24) is 5.32 Å². The van der Waals surface area contributed by atoms with Crippen LogP contribution in [-0.4, -0.2) is 61.8 Å². The van der Waals surface area contributed by atoms with E-state index in [1.807, 2.05) is 60.7 Å². The molecule has 2 aliphatic rings. The summed E-state index contributed by atoms with van der Waals surface area (Å²) in [7, 11) is 0. The molecule has 36 heavy (non-hydrogen) atoms. The van der Waals surface area contributed by atoms with Crippen LogP contribution in [0.1, 0.15) is 38.2 Å². The highest BCUT2D eigenvalue weighted by Gasteiger charge is 2.52. The molecule has 0 spiro atoms. The quantitative estimate of drug-likeness (QED) is 0.526. The fourth-order valence-electron chi connectivity index (χ4n) is 4.35. The fourth-order valence-corrected chi connectivity index (χ4v) is 4.35. The molecular formula is C27H33NO8. The number of benzene rings is 2. The maximum atomic E-state index is 12.4. The third-order valence-corrected chi connectivity index (χ3v) is 6.02. The maximum Gasteiger partial charge on any atom is 0.334 e. The number of hydrogen-bond acceptors (Lipinski definition) is 8. The second kappa shape index (κ2) is 12.4. The summed E-state index contributed by atoms with van der Waals surface area (Å²) < 4.78 is 36.0. The molecule has 9 nitrogen and oxygen atoms in total. The minimum atomic E-state index is -0.902. The summed E-state index contributed by atoms with van der Waals surface area (Å²) in [6.45, 7) is 5.45. The molecule has 2 aromatic rings. The molecule has 0 saturated carbocycles. The highest BCUT2D eigenvalue weighted by Crippen LogP contribution is 2.36. The van der Waals surface area contributed by atoms with Crippen LogP contribution >= 0.6 is 0 Å². The number of amides is 1. The van der Waals surface area contributed by atoms with Crippen molar-refractivity contribution in [2.24, 2.45) is 0 Å². The first-order valence-electron chi connectivity index (χ1n) is 12.2. The van der Waals surface area contributed by atoms with E-state index in [1.165, 1.54) is 6.92 Å². The van der Waals surface area contributed by atoms with Crippen LogP contribution in [0.3, 0.4) is 0 Å². The summed E-state index contributed by atoms with van der Waals surface area (Å²) in [5.41, 5.74) is 1.79. The number of ether oxygens (including phenoxy) is 6. The van der Waals surface area contributed by atoms with Gasteiger partial charge in [-0.25, -0.2) is 4.79 Å². The third-order valence-electron chi connectivity index (χ3n) is 6.02. The van der Waals surface area contributed by atoms with Crippen molar-refractivity contribution in [3.05, 3.63) is 71.8 Å². The summed E-state index contributed by atoms with van der Waals surface area (Å²) in [6, 6.07) is 18.4. The first-order valence-corrected chi connectivity index (χ1v) is 12.2. The fraction of sp³-hybridized carbons (Fsp3) is 0.481. The van der Waals surface area contributed by atoms with Gasteiger partial charge in [0.25, 0.3) is 0 Å². The predicted octanol–water partition coefficient (Wildman–Crippen LogP) is 2.88. The van der Waals surface area contributed by atoms with Gasteiger partial charge < -0.3 is 33.7 Å². The Balaban J connectivity index is 1.60. The Hall–Kier alpha value is -2.82. The van der Waals surface area contributed by atoms with Crippen molar-refractivity contribution >= 4 is 11.9 Å². The van der Waals surface area contributed by atoms with Gasteiger partial charge in [0.1, 0.15) is 24.4 Å². The molecule has 2 aliphatic heterocycles. The molecule has 2 heterocycles. The van der Waals surface area contributed by atoms with E-state index in [1.54, 1.807) is 13.8 Å². The molecule has 194 valence electrons. The van der Waals surface area contributed by atoms with Gasteiger partial charge in [-0.15, -0.1) is 0 Å². The zero-order valence-corrected chi connectivity index (χ0v) is 20.7. The smallest absolute Gasteiger partial charge is 0.334 e. The minimum Gasteiger partial charge on any atom is -0.464 e. The van der Waals surface area contributed by atoms with E-state index in [2.05, 4.69) is 5.32 Å². The van der Waals surface area contributed by atoms with Gasteiger partial charge in [0.2, 0.25) is 5.91 Å². The maximum absolute atomic E-state index is 12.4. The first-order chi connectivity index (χ1) is 17.5. The molecule has 4 rings (SSSR count). The van der Waals surface area contributed by atoms with Gasteiger partial charge >= 0.3 is 5.97 Å². The van der Waals surface area contributed by atoms with Crippen LogP contribution in [0.4, 0.5) is 0 Å². The van der Waals surface area contributed by atoms with E-state index in [9.17, 15) is 9.59 Å². The van der Waals surface area contributed by atoms with Gasteiger partial charge in [0, 0.05) is 12.5 Å². The Morgan fingerprint density at radius 2 is 1.75 bits per heavy atom. The van der Waals surface area contributed by atoms with Gasteiger partial charge in [-0.05, 0) is 19.4 Å². The van der Waals surface area contributed by atoms with Gasteiger partial charge in [0.05, 0.1) is 19.8 Å². The average molecular weight is 500 g/mol. The van der Waals surface area contributed by atoms with Crippen molar-refractivity contribution in [1.29, 1.82) is 0 Å². The summed E-state index contributed by atoms with van der Waals surface area (Å²) in [5, 5.41) is 2.90. The normalized spacial score (nSPS) is 28.5. The zero-order chi connectivity index (χ0) is 25.5. The van der Waals surface area contributed by atoms with E-state index < -0.39 is 49.0 Å². The number of esters is 1. The average Bonchev–Trinajstić information content (AvgIpc) is 2.89. The Kier molecular flexibility index (Phi) is 9.06. The molecule has 0 unspecified atom stereocenters. The Morgan fingerprint density at radius 1 is 1.06 bits per heavy atom. The largest absolute Gasteiger partial charge is 0.464 e. The molecule has 0 aliphatic carbocycles. The Labute approximate surface area is 211 Å². The summed E-state index contributed by atoms with van der Waals surface area (Å²) in [5.74, 6) is -0.796. The van der Waals surface area contributed by atoms with E-state index in [0.717, 1.165) is 11.1 Å². The summed E-state index contributed by atoms with van der Waals surface area (Å²) in [6.07, 6.45) is -4.39. The number of hydrogen-bond donors (Lipinski definition) is 1. The standard InChI is InChI=1S/C27H33NO8/c1-4-31-25(30)17(2)34-24-22(28-18(3)29)27(32-15-19-11-7-5-8-12-19)35-21-16-33-26(36-23(21)24)20-13-9-6-10-14-20/h5-14,17,21-24,26-27H,4,15-16H2,1-3H3,(H,28,29)/t17-,21+,22+,23+,24+,26+,27-/m0/s1. The molecule has 2 aromatic carbocycles. The second-order valence-electron chi connectivity index (χ2n) is 8.74. The summed E-state index contributed by atoms with van der Waals surface area (Å²) >= 11 is 0. The Bertz CT molecular complexity index is 988. The van der Waals surface area contributed by atoms with Crippen LogP contribution in [0.2, 0.25) is 0 Å². The highest BCUT2D eigenvalue weighted by atomic mass is 16.8. The van der Waals surface area contributed by atoms with Crippen LogP contribution in [0.15, 0.2) is 60.7 Å². The van der Waals surface area contributed by atoms with Crippen molar-refractivity contribution < 1.29 is 38.0 Å². The lowest BCUT2D eigenvalue weighted by molar-refractivity contribution is -0.352. The van der Waals surface area contributed by atoms with Crippen LogP contribution in [0.25, 0.3) is 0 Å². The van der Waals surface area contributed by atoms with Crippen molar-refractivity contribution in [3.63, 3.8) is 0 Å². The van der Waals surface area contributed by atoms with Crippen molar-refractivity contribution in [2.45, 2.75) is 70.4 Å². The molecule has 1 amide bonds. The SMILES string of the molecule is CCOC(=O)[C@H](C)O[C@@H]1[C@@H](NC(C)=O)[C@@H](OCc2ccccc2)O[C@@H]2CO[C@@H](c3ccccc3)O[C@@H]12. The number of rotatable bonds is 9. The van der Waals surface area contributed by atoms with Gasteiger partial charge in [-0.2, -0.15) is 0 Å². The van der Waals surface area contributed by atoms with E-state index in [4.69, 9.17) is 28.4 Å². The molecule has 7 atom stereocenters. The topological polar surface area (TPSA) is 102 Å². The van der Waals surface area contributed by atoms with Gasteiger partial charge in [0.15, 0.2) is 18.7 Å². The third kappa shape index (κ3) is 6.48. The molecule has 9 heteroatoms. The molecule has 2 saturated heterocycles. The first kappa shape index (κ1) is 26.2. The van der Waals surface area contributed by atoms with Crippen LogP contribution in [0, 0.1) is 0 Å². The lowest BCUT2D eigenvalue weighted by atomic mass is 9.95. The molecule has 2 fully saturated rings. The van der Waals surface area contributed by atoms with E-state index in [-0.39, 0.29) is 25.7 Å². The lowest BCUT2D eigenvalue weighted by Crippen LogP contribution is -2.68. The van der Waals surface area contributed by atoms with E-state index in [0.29, 0.717) is 0 Å². The molecular weight excluding hydrogens is 466 g/mol. The molecule has 0 bridgehead atoms. The predicted molar refractivity (Wildman–Crippen MR) is 128 cm³/mol. The highest BCUT2D eigenvalue weighted by molar-refractivity contribution is 5.74. The molecule has 0 radical (unpaired) electrons. The minimum absolute atomic E-state index is 0.218. The zero-order valence-electron chi connectivity index (χ0n) is 20.7. The number of carbonyl (C=O) groups is 2. The van der Waals surface area contributed by atoms with Gasteiger partial charge in [-0.1, -0.05) is 60.7 Å². The van der Waals surface area contributed by atoms with Crippen molar-refractivity contribution in [3.8, 4) is 0 Å². The van der Waals surface area contributed by atoms with E-state index >= 15 is 0 Å². The molecule has 1 N–H and O–H groups in total. The van der Waals surface area contributed by atoms with Gasteiger partial charge in [-0.3, -0.25) is 4.79 Å². The monoisotopic (exact) mass is 499 g/mol. The van der Waals surface area contributed by atoms with Crippen molar-refractivity contribution in [2.75, 3.05) is 13.2 Å². The van der Waals surface area contributed by atoms with Crippen LogP contribution < -0.4 is 5.32 Å². The number of carbonyl (C=O) groups excluding carboxylic acids is 2. The number of fused-ring (bicyclic) bond motifs is 1. The summed E-state index contributed by atoms with van der Waals surface area (Å²) in [4.78, 5) is 24.6. The Morgan fingerprint density at radius 3 is 2.42 bits per heavy atom. The number of nitrogens with one attached hydrogen (secondary N) is 1. The van der Waals surface area contributed by atoms with Crippen LogP contribution in [-0.2, 0) is 44.6 Å². The van der Waals surface area contributed by atoms with Crippen LogP contribution in [0.5, 0.6) is 0 Å². The lowest BCUT2D eigenvalue weighted by Gasteiger charge is -2.49. The second-order valence-corrected chi connectivity index (χ2v) is 8.74.